The molecule has 208 valence electrons. The SMILES string of the molecule is CC(C)(C)C(=O)Nc1nc2c(s1)c(C(N)=O)nn2CC(=O)N1C[C@H](F)C[C@H]1C(=O)NCc1cccc(Cl)c1F. The number of primary amides is 1. The Labute approximate surface area is 230 Å². The zero-order valence-electron chi connectivity index (χ0n) is 21.3. The van der Waals surface area contributed by atoms with Crippen molar-refractivity contribution in [1.82, 2.24) is 25.0 Å². The third-order valence-corrected chi connectivity index (χ3v) is 7.33. The van der Waals surface area contributed by atoms with E-state index in [0.29, 0.717) is 0 Å². The zero-order valence-corrected chi connectivity index (χ0v) is 22.8. The summed E-state index contributed by atoms with van der Waals surface area (Å²) in [5.74, 6) is -3.17. The number of benzene rings is 1. The average molecular weight is 582 g/mol. The van der Waals surface area contributed by atoms with Crippen molar-refractivity contribution in [3.8, 4) is 0 Å². The summed E-state index contributed by atoms with van der Waals surface area (Å²) in [5.41, 5.74) is 4.86. The van der Waals surface area contributed by atoms with Crippen LogP contribution in [0.1, 0.15) is 43.2 Å². The number of nitrogens with zero attached hydrogens (tertiary/aromatic N) is 4. The number of halogens is 3. The van der Waals surface area contributed by atoms with Crippen LogP contribution in [0.4, 0.5) is 13.9 Å². The lowest BCUT2D eigenvalue weighted by Gasteiger charge is -2.23. The number of fused-ring (bicyclic) bond motifs is 1. The molecule has 11 nitrogen and oxygen atoms in total. The molecule has 4 N–H and O–H groups in total. The highest BCUT2D eigenvalue weighted by molar-refractivity contribution is 7.22. The van der Waals surface area contributed by atoms with Crippen molar-refractivity contribution in [3.05, 3.63) is 40.3 Å². The number of rotatable bonds is 7. The van der Waals surface area contributed by atoms with Gasteiger partial charge in [-0.1, -0.05) is 55.8 Å². The number of aromatic nitrogens is 3. The first-order valence-electron chi connectivity index (χ1n) is 11.9. The lowest BCUT2D eigenvalue weighted by Crippen LogP contribution is -2.46. The highest BCUT2D eigenvalue weighted by Gasteiger charge is 2.40. The lowest BCUT2D eigenvalue weighted by molar-refractivity contribution is -0.139. The fraction of sp³-hybridized carbons (Fsp3) is 0.417. The summed E-state index contributed by atoms with van der Waals surface area (Å²) >= 11 is 6.75. The molecule has 0 radical (unpaired) electrons. The second kappa shape index (κ2) is 10.8. The fourth-order valence-corrected chi connectivity index (χ4v) is 5.12. The zero-order chi connectivity index (χ0) is 28.6. The average Bonchev–Trinajstić information content (AvgIpc) is 3.53. The van der Waals surface area contributed by atoms with Crippen molar-refractivity contribution in [2.45, 2.75) is 52.5 Å². The third-order valence-electron chi connectivity index (χ3n) is 6.07. The Hall–Kier alpha value is -3.65. The molecule has 39 heavy (non-hydrogen) atoms. The number of hydrogen-bond donors (Lipinski definition) is 3. The molecule has 4 rings (SSSR count). The first kappa shape index (κ1) is 28.4. The Morgan fingerprint density at radius 2 is 1.97 bits per heavy atom. The van der Waals surface area contributed by atoms with Crippen molar-refractivity contribution >= 4 is 62.0 Å². The van der Waals surface area contributed by atoms with Crippen LogP contribution in [0.2, 0.25) is 5.02 Å². The number of amides is 4. The summed E-state index contributed by atoms with van der Waals surface area (Å²) in [7, 11) is 0. The molecular weight excluding hydrogens is 556 g/mol. The first-order chi connectivity index (χ1) is 18.3. The van der Waals surface area contributed by atoms with Gasteiger partial charge in [0, 0.05) is 23.9 Å². The molecule has 2 aromatic heterocycles. The van der Waals surface area contributed by atoms with Crippen LogP contribution in [0.3, 0.4) is 0 Å². The second-order valence-corrected chi connectivity index (χ2v) is 11.5. The molecule has 1 aromatic carbocycles. The third kappa shape index (κ3) is 6.01. The monoisotopic (exact) mass is 581 g/mol. The molecule has 3 heterocycles. The van der Waals surface area contributed by atoms with Crippen molar-refractivity contribution in [2.24, 2.45) is 11.1 Å². The summed E-state index contributed by atoms with van der Waals surface area (Å²) in [4.78, 5) is 55.8. The van der Waals surface area contributed by atoms with E-state index in [-0.39, 0.29) is 57.2 Å². The van der Waals surface area contributed by atoms with Crippen LogP contribution in [0.5, 0.6) is 0 Å². The summed E-state index contributed by atoms with van der Waals surface area (Å²) in [6, 6.07) is 3.20. The van der Waals surface area contributed by atoms with Crippen molar-refractivity contribution in [1.29, 1.82) is 0 Å². The first-order valence-corrected chi connectivity index (χ1v) is 13.1. The fourth-order valence-electron chi connectivity index (χ4n) is 3.98. The van der Waals surface area contributed by atoms with E-state index in [1.165, 1.54) is 18.2 Å². The van der Waals surface area contributed by atoms with Gasteiger partial charge in [-0.15, -0.1) is 0 Å². The smallest absolute Gasteiger partial charge is 0.270 e. The number of nitrogens with two attached hydrogens (primary N) is 1. The van der Waals surface area contributed by atoms with Crippen LogP contribution in [-0.4, -0.2) is 62.1 Å². The van der Waals surface area contributed by atoms with Gasteiger partial charge in [-0.25, -0.2) is 13.5 Å². The molecule has 1 saturated heterocycles. The number of nitrogens with one attached hydrogen (secondary N) is 2. The van der Waals surface area contributed by atoms with E-state index in [2.05, 4.69) is 20.7 Å². The topological polar surface area (TPSA) is 152 Å². The largest absolute Gasteiger partial charge is 0.364 e. The molecule has 4 amide bonds. The molecule has 0 unspecified atom stereocenters. The van der Waals surface area contributed by atoms with Crippen LogP contribution in [-0.2, 0) is 27.5 Å². The Morgan fingerprint density at radius 1 is 1.26 bits per heavy atom. The molecular formula is C24H26ClF2N7O4S. The summed E-state index contributed by atoms with van der Waals surface area (Å²) < 4.78 is 29.9. The number of carbonyl (C=O) groups is 4. The number of hydrogen-bond acceptors (Lipinski definition) is 7. The van der Waals surface area contributed by atoms with Crippen LogP contribution in [0.25, 0.3) is 10.3 Å². The highest BCUT2D eigenvalue weighted by atomic mass is 35.5. The Bertz CT molecular complexity index is 1470. The Kier molecular flexibility index (Phi) is 7.89. The number of alkyl halides is 1. The normalized spacial score (nSPS) is 17.4. The molecule has 0 spiro atoms. The molecule has 0 aliphatic carbocycles. The number of carbonyl (C=O) groups excluding carboxylic acids is 4. The molecule has 0 saturated carbocycles. The minimum absolute atomic E-state index is 0.104. The van der Waals surface area contributed by atoms with Crippen molar-refractivity contribution in [3.63, 3.8) is 0 Å². The highest BCUT2D eigenvalue weighted by Crippen LogP contribution is 2.31. The van der Waals surface area contributed by atoms with E-state index in [4.69, 9.17) is 17.3 Å². The van der Waals surface area contributed by atoms with Gasteiger partial charge in [0.15, 0.2) is 16.5 Å². The maximum atomic E-state index is 14.4. The molecule has 2 atom stereocenters. The van der Waals surface area contributed by atoms with Gasteiger partial charge >= 0.3 is 0 Å². The maximum absolute atomic E-state index is 14.4. The van der Waals surface area contributed by atoms with Gasteiger partial charge in [0.2, 0.25) is 17.7 Å². The second-order valence-electron chi connectivity index (χ2n) is 10.1. The van der Waals surface area contributed by atoms with Gasteiger partial charge in [0.05, 0.1) is 11.6 Å². The van der Waals surface area contributed by atoms with Gasteiger partial charge in [-0.05, 0) is 6.07 Å². The molecule has 1 aliphatic heterocycles. The summed E-state index contributed by atoms with van der Waals surface area (Å²) in [5, 5.41) is 9.36. The van der Waals surface area contributed by atoms with Gasteiger partial charge in [-0.3, -0.25) is 19.2 Å². The molecule has 15 heteroatoms. The summed E-state index contributed by atoms with van der Waals surface area (Å²) in [6.07, 6.45) is -1.69. The van der Waals surface area contributed by atoms with Gasteiger partial charge in [0.1, 0.15) is 29.3 Å². The predicted molar refractivity (Wildman–Crippen MR) is 140 cm³/mol. The van der Waals surface area contributed by atoms with E-state index < -0.39 is 47.7 Å². The van der Waals surface area contributed by atoms with E-state index in [0.717, 1.165) is 20.9 Å². The van der Waals surface area contributed by atoms with E-state index in [9.17, 15) is 28.0 Å². The van der Waals surface area contributed by atoms with Crippen LogP contribution in [0.15, 0.2) is 18.2 Å². The Morgan fingerprint density at radius 3 is 2.64 bits per heavy atom. The van der Waals surface area contributed by atoms with Crippen molar-refractivity contribution in [2.75, 3.05) is 11.9 Å². The molecule has 3 aromatic rings. The minimum atomic E-state index is -1.45. The van der Waals surface area contributed by atoms with Gasteiger partial charge in [-0.2, -0.15) is 10.1 Å². The number of likely N-dealkylation sites (tertiary alicyclic amines) is 1. The van der Waals surface area contributed by atoms with Crippen LogP contribution < -0.4 is 16.4 Å². The van der Waals surface area contributed by atoms with E-state index >= 15 is 0 Å². The standard InChI is InChI=1S/C24H26ClF2N7O4S/c1-24(2,3)22(38)31-23-30-20-18(39-23)17(19(28)36)32-34(20)10-15(35)33-9-12(26)7-14(33)21(37)29-8-11-5-4-6-13(25)16(11)27/h4-6,12,14H,7-10H2,1-3H3,(H2,28,36)(H,29,37)(H,30,31,38)/t12-,14+/m1/s1. The van der Waals surface area contributed by atoms with E-state index in [1.54, 1.807) is 20.8 Å². The molecule has 1 aliphatic rings. The predicted octanol–water partition coefficient (Wildman–Crippen LogP) is 2.62. The maximum Gasteiger partial charge on any atom is 0.270 e. The van der Waals surface area contributed by atoms with Gasteiger partial charge in [0.25, 0.3) is 5.91 Å². The molecule has 1 fully saturated rings. The summed E-state index contributed by atoms with van der Waals surface area (Å²) in [6.45, 7) is 4.15. The quantitative estimate of drug-likeness (QED) is 0.390. The van der Waals surface area contributed by atoms with Gasteiger partial charge < -0.3 is 21.3 Å². The minimum Gasteiger partial charge on any atom is -0.364 e. The number of thiazole rings is 1. The van der Waals surface area contributed by atoms with E-state index in [1.807, 2.05) is 0 Å². The molecule has 0 bridgehead atoms. The van der Waals surface area contributed by atoms with Crippen molar-refractivity contribution < 1.29 is 28.0 Å². The van der Waals surface area contributed by atoms with Crippen LogP contribution >= 0.6 is 22.9 Å². The lowest BCUT2D eigenvalue weighted by atomic mass is 9.96. The van der Waals surface area contributed by atoms with Crippen LogP contribution in [0, 0.1) is 11.2 Å². The Balaban J connectivity index is 1.53. The number of anilines is 1.